The maximum Gasteiger partial charge on any atom is 0.159 e. The van der Waals surface area contributed by atoms with E-state index in [0.29, 0.717) is 11.5 Å². The molecule has 198 valence electrons. The molecule has 1 saturated heterocycles. The van der Waals surface area contributed by atoms with Crippen molar-refractivity contribution in [1.82, 2.24) is 29.4 Å². The van der Waals surface area contributed by atoms with Gasteiger partial charge in [0.25, 0.3) is 0 Å². The summed E-state index contributed by atoms with van der Waals surface area (Å²) in [5, 5.41) is 10.8. The predicted octanol–water partition coefficient (Wildman–Crippen LogP) is 4.01. The summed E-state index contributed by atoms with van der Waals surface area (Å²) in [6, 6.07) is 3.60. The molecule has 3 fully saturated rings. The Balaban J connectivity index is 1.12. The van der Waals surface area contributed by atoms with E-state index in [1.54, 1.807) is 0 Å². The van der Waals surface area contributed by atoms with Crippen molar-refractivity contribution in [3.8, 4) is 0 Å². The van der Waals surface area contributed by atoms with Crippen LogP contribution in [-0.2, 0) is 31.3 Å². The summed E-state index contributed by atoms with van der Waals surface area (Å²) in [6.07, 6.45) is 11.2. The van der Waals surface area contributed by atoms with Crippen molar-refractivity contribution in [3.05, 3.63) is 34.9 Å². The second-order valence-corrected chi connectivity index (χ2v) is 12.4. The Bertz CT molecular complexity index is 1320. The molecule has 3 atom stereocenters. The van der Waals surface area contributed by atoms with Gasteiger partial charge in [-0.05, 0) is 70.4 Å². The summed E-state index contributed by atoms with van der Waals surface area (Å²) in [7, 11) is 4.32. The molecular formula is C29H41N7O. The lowest BCUT2D eigenvalue weighted by Crippen LogP contribution is -2.56. The molecule has 0 spiro atoms. The van der Waals surface area contributed by atoms with Crippen LogP contribution >= 0.6 is 0 Å². The molecular weight excluding hydrogens is 462 g/mol. The van der Waals surface area contributed by atoms with Crippen LogP contribution in [0.15, 0.2) is 12.3 Å². The number of aryl methyl sites for hydroxylation is 3. The van der Waals surface area contributed by atoms with E-state index in [1.165, 1.54) is 61.2 Å². The molecule has 3 aromatic heterocycles. The Morgan fingerprint density at radius 3 is 2.86 bits per heavy atom. The number of ether oxygens (including phenoxy) is 1. The molecule has 2 bridgehead atoms. The van der Waals surface area contributed by atoms with E-state index in [4.69, 9.17) is 14.8 Å². The second kappa shape index (κ2) is 8.80. The number of aromatic nitrogens is 5. The highest BCUT2D eigenvalue weighted by atomic mass is 16.5. The van der Waals surface area contributed by atoms with Crippen LogP contribution < -0.4 is 4.90 Å². The van der Waals surface area contributed by atoms with Crippen molar-refractivity contribution in [3.63, 3.8) is 0 Å². The number of hydrogen-bond acceptors (Lipinski definition) is 6. The Kier molecular flexibility index (Phi) is 5.63. The van der Waals surface area contributed by atoms with E-state index >= 15 is 0 Å². The van der Waals surface area contributed by atoms with Gasteiger partial charge in [-0.2, -0.15) is 10.2 Å². The van der Waals surface area contributed by atoms with Crippen LogP contribution in [-0.4, -0.2) is 68.3 Å². The molecule has 0 amide bonds. The lowest BCUT2D eigenvalue weighted by Gasteiger charge is -2.53. The van der Waals surface area contributed by atoms with E-state index in [0.717, 1.165) is 68.0 Å². The molecule has 2 saturated carbocycles. The minimum Gasteiger partial charge on any atom is -0.378 e. The number of hydrogen-bond donors (Lipinski definition) is 0. The highest BCUT2D eigenvalue weighted by molar-refractivity contribution is 5.89. The summed E-state index contributed by atoms with van der Waals surface area (Å²) >= 11 is 0. The maximum absolute atomic E-state index is 5.50. The second-order valence-electron chi connectivity index (χ2n) is 12.4. The van der Waals surface area contributed by atoms with Gasteiger partial charge in [-0.15, -0.1) is 0 Å². The van der Waals surface area contributed by atoms with E-state index in [-0.39, 0.29) is 0 Å². The number of anilines is 1. The van der Waals surface area contributed by atoms with Gasteiger partial charge in [-0.3, -0.25) is 14.3 Å². The SMILES string of the molecule is Cc1cc(N2CCc3c(c(C)nn3CC34CCCC(C3)C(N(C)C3COC3)CC4)C2)c2cnn(C)c2n1. The van der Waals surface area contributed by atoms with Crippen molar-refractivity contribution in [2.24, 2.45) is 18.4 Å². The molecule has 8 heteroatoms. The van der Waals surface area contributed by atoms with Crippen LogP contribution in [0.25, 0.3) is 11.0 Å². The summed E-state index contributed by atoms with van der Waals surface area (Å²) in [5.41, 5.74) is 7.79. The van der Waals surface area contributed by atoms with Crippen molar-refractivity contribution in [2.75, 3.05) is 31.7 Å². The minimum absolute atomic E-state index is 0.420. The molecule has 8 nitrogen and oxygen atoms in total. The van der Waals surface area contributed by atoms with Crippen molar-refractivity contribution >= 4 is 16.7 Å². The topological polar surface area (TPSA) is 64.2 Å². The smallest absolute Gasteiger partial charge is 0.159 e. The van der Waals surface area contributed by atoms with Crippen LogP contribution in [0.2, 0.25) is 0 Å². The van der Waals surface area contributed by atoms with Gasteiger partial charge in [0.1, 0.15) is 0 Å². The molecule has 37 heavy (non-hydrogen) atoms. The van der Waals surface area contributed by atoms with Crippen LogP contribution in [0.5, 0.6) is 0 Å². The van der Waals surface area contributed by atoms with Crippen LogP contribution in [0.1, 0.15) is 61.2 Å². The predicted molar refractivity (Wildman–Crippen MR) is 145 cm³/mol. The van der Waals surface area contributed by atoms with Gasteiger partial charge >= 0.3 is 0 Å². The molecule has 0 N–H and O–H groups in total. The fourth-order valence-corrected chi connectivity index (χ4v) is 8.03. The minimum atomic E-state index is 0.420. The first-order valence-corrected chi connectivity index (χ1v) is 14.3. The Morgan fingerprint density at radius 1 is 1.19 bits per heavy atom. The van der Waals surface area contributed by atoms with Gasteiger partial charge < -0.3 is 9.64 Å². The van der Waals surface area contributed by atoms with E-state index < -0.39 is 0 Å². The Hall–Kier alpha value is -2.45. The zero-order chi connectivity index (χ0) is 25.3. The van der Waals surface area contributed by atoms with E-state index in [9.17, 15) is 0 Å². The van der Waals surface area contributed by atoms with Crippen LogP contribution in [0.3, 0.4) is 0 Å². The Labute approximate surface area is 220 Å². The molecule has 2 aliphatic carbocycles. The summed E-state index contributed by atoms with van der Waals surface area (Å²) < 4.78 is 9.82. The number of nitrogens with zero attached hydrogens (tertiary/aromatic N) is 7. The standard InChI is InChI=1S/C29H41N7O/c1-19-12-27(23-14-30-34(4)28(23)31-19)35-11-8-26-24(15-35)20(2)32-36(26)18-29-9-5-6-21(13-29)25(7-10-29)33(3)22-16-37-17-22/h12,14,21-22,25H,5-11,13,15-18H2,1-4H3. The van der Waals surface area contributed by atoms with Gasteiger partial charge in [0, 0.05) is 56.1 Å². The van der Waals surface area contributed by atoms with E-state index in [2.05, 4.69) is 46.5 Å². The quantitative estimate of drug-likeness (QED) is 0.524. The van der Waals surface area contributed by atoms with Crippen molar-refractivity contribution in [1.29, 1.82) is 0 Å². The van der Waals surface area contributed by atoms with Crippen molar-refractivity contribution in [2.45, 2.75) is 84.0 Å². The molecule has 5 heterocycles. The highest BCUT2D eigenvalue weighted by Crippen LogP contribution is 2.51. The van der Waals surface area contributed by atoms with Crippen molar-refractivity contribution < 1.29 is 4.74 Å². The fraction of sp³-hybridized carbons (Fsp3) is 0.690. The monoisotopic (exact) mass is 503 g/mol. The van der Waals surface area contributed by atoms with Gasteiger partial charge in [0.05, 0.1) is 42.2 Å². The van der Waals surface area contributed by atoms with Gasteiger partial charge in [0.15, 0.2) is 5.65 Å². The summed E-state index contributed by atoms with van der Waals surface area (Å²) in [6.45, 7) is 9.17. The van der Waals surface area contributed by atoms with Gasteiger partial charge in [0.2, 0.25) is 0 Å². The zero-order valence-electron chi connectivity index (χ0n) is 22.9. The van der Waals surface area contributed by atoms with E-state index in [1.807, 2.05) is 17.9 Å². The molecule has 2 aliphatic heterocycles. The first kappa shape index (κ1) is 23.7. The third-order valence-corrected chi connectivity index (χ3v) is 10.2. The summed E-state index contributed by atoms with van der Waals surface area (Å²) in [5.74, 6) is 0.827. The molecule has 0 radical (unpaired) electrons. The van der Waals surface area contributed by atoms with Gasteiger partial charge in [-0.25, -0.2) is 4.98 Å². The van der Waals surface area contributed by atoms with Crippen LogP contribution in [0.4, 0.5) is 5.69 Å². The lowest BCUT2D eigenvalue weighted by molar-refractivity contribution is -0.0980. The van der Waals surface area contributed by atoms with Gasteiger partial charge in [-0.1, -0.05) is 6.42 Å². The Morgan fingerprint density at radius 2 is 2.05 bits per heavy atom. The molecule has 7 rings (SSSR count). The number of pyridine rings is 1. The largest absolute Gasteiger partial charge is 0.378 e. The van der Waals surface area contributed by atoms with Crippen LogP contribution in [0, 0.1) is 25.2 Å². The molecule has 3 aromatic rings. The summed E-state index contributed by atoms with van der Waals surface area (Å²) in [4.78, 5) is 9.91. The lowest BCUT2D eigenvalue weighted by atomic mass is 9.60. The molecule has 3 unspecified atom stereocenters. The first-order valence-electron chi connectivity index (χ1n) is 14.3. The number of rotatable bonds is 5. The normalized spacial score (nSPS) is 28.1. The molecule has 0 aromatic carbocycles. The maximum atomic E-state index is 5.50. The third kappa shape index (κ3) is 3.90. The number of fused-ring (bicyclic) bond motifs is 4. The first-order chi connectivity index (χ1) is 17.9. The zero-order valence-corrected chi connectivity index (χ0v) is 22.9. The fourth-order valence-electron chi connectivity index (χ4n) is 8.03. The third-order valence-electron chi connectivity index (χ3n) is 10.2. The average Bonchev–Trinajstić information content (AvgIpc) is 3.36. The number of likely N-dealkylation sites (N-methyl/N-ethyl adjacent to an activating group) is 1. The highest BCUT2D eigenvalue weighted by Gasteiger charge is 2.46. The average molecular weight is 504 g/mol. The molecule has 4 aliphatic rings.